The first kappa shape index (κ1) is 20.4. The van der Waals surface area contributed by atoms with E-state index in [9.17, 15) is 14.4 Å². The van der Waals surface area contributed by atoms with Gasteiger partial charge in [0, 0.05) is 11.8 Å². The molecule has 7 nitrogen and oxygen atoms in total. The van der Waals surface area contributed by atoms with Crippen LogP contribution >= 0.6 is 0 Å². The Morgan fingerprint density at radius 3 is 2.43 bits per heavy atom. The highest BCUT2D eigenvalue weighted by atomic mass is 16.5. The van der Waals surface area contributed by atoms with E-state index in [2.05, 4.69) is 10.6 Å². The molecule has 0 radical (unpaired) electrons. The first-order valence-corrected chi connectivity index (χ1v) is 8.49. The molecule has 0 aliphatic heterocycles. The van der Waals surface area contributed by atoms with Gasteiger partial charge < -0.3 is 15.4 Å². The lowest BCUT2D eigenvalue weighted by molar-refractivity contribution is -0.152. The van der Waals surface area contributed by atoms with Crippen molar-refractivity contribution in [1.29, 1.82) is 5.26 Å². The molecule has 7 heteroatoms. The van der Waals surface area contributed by atoms with Crippen molar-refractivity contribution >= 4 is 29.5 Å². The van der Waals surface area contributed by atoms with Gasteiger partial charge in [-0.05, 0) is 42.8 Å². The van der Waals surface area contributed by atoms with E-state index in [-0.39, 0.29) is 6.54 Å². The number of anilines is 1. The number of esters is 1. The summed E-state index contributed by atoms with van der Waals surface area (Å²) >= 11 is 0. The number of rotatable bonds is 7. The van der Waals surface area contributed by atoms with E-state index in [0.29, 0.717) is 11.3 Å². The number of benzene rings is 2. The van der Waals surface area contributed by atoms with Gasteiger partial charge in [0.05, 0.1) is 11.6 Å². The van der Waals surface area contributed by atoms with Crippen molar-refractivity contribution in [3.05, 3.63) is 71.8 Å². The van der Waals surface area contributed by atoms with Crippen LogP contribution in [0.5, 0.6) is 0 Å². The van der Waals surface area contributed by atoms with Gasteiger partial charge in [-0.1, -0.05) is 30.3 Å². The second-order valence-electron chi connectivity index (χ2n) is 5.77. The van der Waals surface area contributed by atoms with Crippen LogP contribution in [0.2, 0.25) is 0 Å². The van der Waals surface area contributed by atoms with Gasteiger partial charge in [0.1, 0.15) is 6.54 Å². The third-order valence-electron chi connectivity index (χ3n) is 3.59. The summed E-state index contributed by atoms with van der Waals surface area (Å²) in [6.45, 7) is 1.07. The van der Waals surface area contributed by atoms with Crippen LogP contribution in [0.3, 0.4) is 0 Å². The first-order valence-electron chi connectivity index (χ1n) is 8.49. The Hall–Kier alpha value is -3.92. The second kappa shape index (κ2) is 10.3. The summed E-state index contributed by atoms with van der Waals surface area (Å²) < 4.78 is 5.00. The van der Waals surface area contributed by atoms with Crippen LogP contribution in [0.25, 0.3) is 6.08 Å². The quantitative estimate of drug-likeness (QED) is 0.568. The lowest BCUT2D eigenvalue weighted by Crippen LogP contribution is -2.35. The number of nitrogens with one attached hydrogen (secondary N) is 2. The van der Waals surface area contributed by atoms with Gasteiger partial charge in [-0.15, -0.1) is 0 Å². The summed E-state index contributed by atoms with van der Waals surface area (Å²) in [6, 6.07) is 17.5. The van der Waals surface area contributed by atoms with Crippen LogP contribution < -0.4 is 10.6 Å². The van der Waals surface area contributed by atoms with E-state index in [1.807, 2.05) is 36.4 Å². The number of carbonyl (C=O) groups excluding carboxylic acids is 3. The smallest absolute Gasteiger partial charge is 0.326 e. The van der Waals surface area contributed by atoms with E-state index < -0.39 is 23.9 Å². The van der Waals surface area contributed by atoms with Crippen LogP contribution in [0, 0.1) is 11.3 Å². The molecule has 2 aromatic carbocycles. The Morgan fingerprint density at radius 1 is 1.11 bits per heavy atom. The molecule has 2 amide bonds. The van der Waals surface area contributed by atoms with E-state index in [1.165, 1.54) is 13.0 Å². The number of hydrogen-bond acceptors (Lipinski definition) is 5. The molecule has 2 rings (SSSR count). The molecule has 0 heterocycles. The molecular weight excluding hydrogens is 358 g/mol. The summed E-state index contributed by atoms with van der Waals surface area (Å²) in [4.78, 5) is 35.6. The van der Waals surface area contributed by atoms with E-state index >= 15 is 0 Å². The standard InChI is InChI=1S/C21H19N3O4/c1-15(21(27)24-18-10-7-17(13-22)8-11-18)28-20(26)14-23-19(25)12-9-16-5-3-2-4-6-16/h2-12,15H,14H2,1H3,(H,23,25)(H,24,27)/b12-9+/t15-/m0/s1. The fourth-order valence-electron chi connectivity index (χ4n) is 2.12. The number of carbonyl (C=O) groups is 3. The van der Waals surface area contributed by atoms with E-state index in [4.69, 9.17) is 10.00 Å². The Morgan fingerprint density at radius 2 is 1.79 bits per heavy atom. The Labute approximate surface area is 162 Å². The number of nitrogens with zero attached hydrogens (tertiary/aromatic N) is 1. The minimum Gasteiger partial charge on any atom is -0.451 e. The van der Waals surface area contributed by atoms with Crippen LogP contribution in [-0.2, 0) is 19.1 Å². The van der Waals surface area contributed by atoms with Crippen molar-refractivity contribution in [2.45, 2.75) is 13.0 Å². The summed E-state index contributed by atoms with van der Waals surface area (Å²) in [6.07, 6.45) is 1.89. The van der Waals surface area contributed by atoms with Gasteiger partial charge >= 0.3 is 5.97 Å². The number of ether oxygens (including phenoxy) is 1. The third kappa shape index (κ3) is 6.77. The van der Waals surface area contributed by atoms with Crippen molar-refractivity contribution in [3.8, 4) is 6.07 Å². The molecule has 0 aliphatic rings. The van der Waals surface area contributed by atoms with Gasteiger partial charge in [-0.25, -0.2) is 0 Å². The lowest BCUT2D eigenvalue weighted by atomic mass is 10.2. The summed E-state index contributed by atoms with van der Waals surface area (Å²) in [5, 5.41) is 13.7. The number of nitriles is 1. The minimum absolute atomic E-state index is 0.355. The molecule has 0 unspecified atom stereocenters. The predicted octanol–water partition coefficient (Wildman–Crippen LogP) is 2.26. The monoisotopic (exact) mass is 377 g/mol. The third-order valence-corrected chi connectivity index (χ3v) is 3.59. The van der Waals surface area contributed by atoms with Gasteiger partial charge in [0.25, 0.3) is 5.91 Å². The van der Waals surface area contributed by atoms with Crippen molar-refractivity contribution in [1.82, 2.24) is 5.32 Å². The first-order chi connectivity index (χ1) is 13.5. The number of amides is 2. The normalized spacial score (nSPS) is 11.3. The lowest BCUT2D eigenvalue weighted by Gasteiger charge is -2.13. The minimum atomic E-state index is -1.04. The highest BCUT2D eigenvalue weighted by molar-refractivity contribution is 5.96. The van der Waals surface area contributed by atoms with Gasteiger partial charge in [-0.2, -0.15) is 5.26 Å². The van der Waals surface area contributed by atoms with E-state index in [1.54, 1.807) is 30.3 Å². The zero-order chi connectivity index (χ0) is 20.4. The largest absolute Gasteiger partial charge is 0.451 e. The van der Waals surface area contributed by atoms with Gasteiger partial charge in [-0.3, -0.25) is 14.4 Å². The summed E-state index contributed by atoms with van der Waals surface area (Å²) in [5.74, 6) is -1.70. The van der Waals surface area contributed by atoms with Crippen LogP contribution in [0.1, 0.15) is 18.1 Å². The maximum Gasteiger partial charge on any atom is 0.326 e. The van der Waals surface area contributed by atoms with Crippen LogP contribution in [-0.4, -0.2) is 30.4 Å². The molecule has 2 aromatic rings. The predicted molar refractivity (Wildman–Crippen MR) is 104 cm³/mol. The molecule has 0 aromatic heterocycles. The maximum atomic E-state index is 12.0. The second-order valence-corrected chi connectivity index (χ2v) is 5.77. The Balaban J connectivity index is 1.75. The van der Waals surface area contributed by atoms with Crippen molar-refractivity contribution < 1.29 is 19.1 Å². The van der Waals surface area contributed by atoms with Gasteiger partial charge in [0.15, 0.2) is 6.10 Å². The molecule has 2 N–H and O–H groups in total. The van der Waals surface area contributed by atoms with Crippen LogP contribution in [0.15, 0.2) is 60.7 Å². The fourth-order valence-corrected chi connectivity index (χ4v) is 2.12. The maximum absolute atomic E-state index is 12.0. The zero-order valence-electron chi connectivity index (χ0n) is 15.2. The molecule has 0 spiro atoms. The topological polar surface area (TPSA) is 108 Å². The van der Waals surface area contributed by atoms with Crippen molar-refractivity contribution in [2.24, 2.45) is 0 Å². The molecule has 0 fully saturated rings. The molecule has 28 heavy (non-hydrogen) atoms. The highest BCUT2D eigenvalue weighted by Crippen LogP contribution is 2.09. The fraction of sp³-hybridized carbons (Fsp3) is 0.143. The van der Waals surface area contributed by atoms with Crippen molar-refractivity contribution in [2.75, 3.05) is 11.9 Å². The Kier molecular flexibility index (Phi) is 7.49. The number of hydrogen-bond donors (Lipinski definition) is 2. The molecule has 0 saturated carbocycles. The van der Waals surface area contributed by atoms with Gasteiger partial charge in [0.2, 0.25) is 5.91 Å². The average molecular weight is 377 g/mol. The molecule has 1 atom stereocenters. The van der Waals surface area contributed by atoms with E-state index in [0.717, 1.165) is 5.56 Å². The Bertz CT molecular complexity index is 899. The molecule has 0 aliphatic carbocycles. The zero-order valence-corrected chi connectivity index (χ0v) is 15.2. The van der Waals surface area contributed by atoms with Crippen LogP contribution in [0.4, 0.5) is 5.69 Å². The summed E-state index contributed by atoms with van der Waals surface area (Å²) in [5.41, 5.74) is 1.80. The molecular formula is C21H19N3O4. The molecule has 0 bridgehead atoms. The average Bonchev–Trinajstić information content (AvgIpc) is 2.72. The molecule has 0 saturated heterocycles. The van der Waals surface area contributed by atoms with Crippen molar-refractivity contribution in [3.63, 3.8) is 0 Å². The summed E-state index contributed by atoms with van der Waals surface area (Å²) in [7, 11) is 0. The molecule has 142 valence electrons. The SMILES string of the molecule is C[C@H](OC(=O)CNC(=O)/C=C/c1ccccc1)C(=O)Nc1ccc(C#N)cc1. The highest BCUT2D eigenvalue weighted by Gasteiger charge is 2.18.